The monoisotopic (exact) mass is 341 g/mol. The zero-order valence-corrected chi connectivity index (χ0v) is 13.5. The smallest absolute Gasteiger partial charge is 0.293 e. The Labute approximate surface area is 142 Å². The molecular weight excluding hydrogens is 326 g/mol. The molecule has 1 amide bonds. The molecule has 25 heavy (non-hydrogen) atoms. The largest absolute Gasteiger partial charge is 0.378 e. The Balaban J connectivity index is 1.63. The average molecular weight is 341 g/mol. The zero-order valence-electron chi connectivity index (χ0n) is 13.5. The van der Waals surface area contributed by atoms with Crippen LogP contribution >= 0.6 is 0 Å². The number of hydrogen-bond donors (Lipinski definition) is 2. The number of rotatable bonds is 5. The lowest BCUT2D eigenvalue weighted by Crippen LogP contribution is -2.18. The number of nitrogen functional groups attached to an aromatic ring is 1. The van der Waals surface area contributed by atoms with Crippen LogP contribution in [0.4, 0.5) is 11.5 Å². The van der Waals surface area contributed by atoms with E-state index in [9.17, 15) is 4.79 Å². The van der Waals surface area contributed by atoms with Crippen molar-refractivity contribution in [2.75, 3.05) is 24.7 Å². The highest BCUT2D eigenvalue weighted by Gasteiger charge is 2.15. The van der Waals surface area contributed by atoms with Crippen LogP contribution < -0.4 is 16.1 Å². The van der Waals surface area contributed by atoms with Crippen LogP contribution in [0.5, 0.6) is 0 Å². The summed E-state index contributed by atoms with van der Waals surface area (Å²) in [4.78, 5) is 14.0. The van der Waals surface area contributed by atoms with Gasteiger partial charge in [-0.25, -0.2) is 10.1 Å². The van der Waals surface area contributed by atoms with Gasteiger partial charge in [0.2, 0.25) is 11.6 Å². The number of nitrogens with two attached hydrogens (primary N) is 1. The van der Waals surface area contributed by atoms with Gasteiger partial charge in [-0.3, -0.25) is 4.79 Å². The second-order valence-electron chi connectivity index (χ2n) is 5.21. The fourth-order valence-corrected chi connectivity index (χ4v) is 1.90. The number of amides is 1. The zero-order chi connectivity index (χ0) is 17.8. The van der Waals surface area contributed by atoms with Gasteiger partial charge in [0.15, 0.2) is 5.69 Å². The van der Waals surface area contributed by atoms with Crippen molar-refractivity contribution in [2.45, 2.75) is 0 Å². The fraction of sp³-hybridized carbons (Fsp3) is 0.143. The van der Waals surface area contributed by atoms with E-state index in [1.54, 1.807) is 0 Å². The molecule has 0 atom stereocenters. The maximum atomic E-state index is 12.0. The third-order valence-electron chi connectivity index (χ3n) is 3.23. The second kappa shape index (κ2) is 6.78. The highest BCUT2D eigenvalue weighted by molar-refractivity contribution is 5.92. The predicted molar refractivity (Wildman–Crippen MR) is 89.5 cm³/mol. The van der Waals surface area contributed by atoms with Crippen molar-refractivity contribution in [3.05, 3.63) is 41.7 Å². The highest BCUT2D eigenvalue weighted by Crippen LogP contribution is 2.11. The number of hydrazone groups is 1. The molecule has 0 aliphatic rings. The van der Waals surface area contributed by atoms with Gasteiger partial charge in [-0.2, -0.15) is 9.78 Å². The molecule has 0 saturated carbocycles. The van der Waals surface area contributed by atoms with E-state index in [1.165, 1.54) is 17.1 Å². The number of nitrogens with one attached hydrogen (secondary N) is 1. The topological polar surface area (TPSA) is 140 Å². The van der Waals surface area contributed by atoms with Gasteiger partial charge in [0.1, 0.15) is 0 Å². The van der Waals surface area contributed by atoms with Crippen LogP contribution in [0.25, 0.3) is 5.82 Å². The van der Waals surface area contributed by atoms with E-state index in [2.05, 4.69) is 35.8 Å². The second-order valence-corrected chi connectivity index (χ2v) is 5.21. The minimum absolute atomic E-state index is 0.0380. The summed E-state index contributed by atoms with van der Waals surface area (Å²) in [6, 6.07) is 7.68. The number of hydrogen-bond acceptors (Lipinski definition) is 9. The van der Waals surface area contributed by atoms with Gasteiger partial charge in [0.05, 0.1) is 12.4 Å². The molecule has 0 unspecified atom stereocenters. The number of carbonyl (C=O) groups excluding carboxylic acids is 1. The molecule has 3 N–H and O–H groups in total. The highest BCUT2D eigenvalue weighted by atomic mass is 16.6. The fourth-order valence-electron chi connectivity index (χ4n) is 1.90. The number of nitrogens with zero attached hydrogens (tertiary/aromatic N) is 7. The van der Waals surface area contributed by atoms with Gasteiger partial charge < -0.3 is 10.6 Å². The molecule has 0 aliphatic heterocycles. The molecule has 3 aromatic rings. The normalized spacial score (nSPS) is 11.0. The summed E-state index contributed by atoms with van der Waals surface area (Å²) < 4.78 is 5.65. The van der Waals surface area contributed by atoms with Crippen LogP contribution in [0.1, 0.15) is 16.1 Å². The molecule has 11 heteroatoms. The van der Waals surface area contributed by atoms with Crippen LogP contribution in [0.3, 0.4) is 0 Å². The first-order valence-electron chi connectivity index (χ1n) is 7.16. The van der Waals surface area contributed by atoms with Crippen LogP contribution in [0, 0.1) is 0 Å². The molecule has 0 fully saturated rings. The summed E-state index contributed by atoms with van der Waals surface area (Å²) in [6.07, 6.45) is 2.87. The summed E-state index contributed by atoms with van der Waals surface area (Å²) in [5.74, 6) is -0.338. The Hall–Kier alpha value is -3.76. The summed E-state index contributed by atoms with van der Waals surface area (Å²) in [6.45, 7) is 0. The SMILES string of the molecule is CN(C)c1ccc(/C=N/NC(=O)c2cn(-c3nonc3N)nn2)cc1. The molecule has 2 aromatic heterocycles. The Morgan fingerprint density at radius 1 is 1.32 bits per heavy atom. The maximum Gasteiger partial charge on any atom is 0.293 e. The summed E-state index contributed by atoms with van der Waals surface area (Å²) in [7, 11) is 3.92. The third kappa shape index (κ3) is 3.60. The van der Waals surface area contributed by atoms with Crippen molar-refractivity contribution in [1.29, 1.82) is 0 Å². The number of benzene rings is 1. The predicted octanol–water partition coefficient (Wildman–Crippen LogP) is 0.0624. The van der Waals surface area contributed by atoms with E-state index in [0.717, 1.165) is 11.3 Å². The van der Waals surface area contributed by atoms with Crippen LogP contribution in [-0.4, -0.2) is 51.5 Å². The van der Waals surface area contributed by atoms with Crippen LogP contribution in [0.15, 0.2) is 40.2 Å². The summed E-state index contributed by atoms with van der Waals surface area (Å²) >= 11 is 0. The standard InChI is InChI=1S/C14H15N9O2/c1-22(2)10-5-3-9(4-6-10)7-16-18-14(24)11-8-23(21-17-11)13-12(15)19-25-20-13/h3-8H,1-2H3,(H2,15,19)(H,18,24)/b16-7+. The van der Waals surface area contributed by atoms with E-state index in [1.807, 2.05) is 43.3 Å². The lowest BCUT2D eigenvalue weighted by atomic mass is 10.2. The van der Waals surface area contributed by atoms with E-state index in [4.69, 9.17) is 5.73 Å². The maximum absolute atomic E-state index is 12.0. The van der Waals surface area contributed by atoms with Crippen molar-refractivity contribution < 1.29 is 9.42 Å². The first-order valence-corrected chi connectivity index (χ1v) is 7.16. The number of carbonyl (C=O) groups is 1. The number of anilines is 2. The Morgan fingerprint density at radius 3 is 2.72 bits per heavy atom. The first kappa shape index (κ1) is 16.1. The minimum atomic E-state index is -0.526. The van der Waals surface area contributed by atoms with Crippen molar-refractivity contribution in [3.63, 3.8) is 0 Å². The Bertz CT molecular complexity index is 895. The minimum Gasteiger partial charge on any atom is -0.378 e. The van der Waals surface area contributed by atoms with Gasteiger partial charge in [0.25, 0.3) is 5.91 Å². The Morgan fingerprint density at radius 2 is 2.08 bits per heavy atom. The molecule has 2 heterocycles. The van der Waals surface area contributed by atoms with Crippen LogP contribution in [-0.2, 0) is 0 Å². The molecule has 0 aliphatic carbocycles. The molecule has 11 nitrogen and oxygen atoms in total. The van der Waals surface area contributed by atoms with Crippen molar-refractivity contribution in [3.8, 4) is 5.82 Å². The quantitative estimate of drug-likeness (QED) is 0.490. The van der Waals surface area contributed by atoms with Gasteiger partial charge in [-0.05, 0) is 28.0 Å². The third-order valence-corrected chi connectivity index (χ3v) is 3.23. The van der Waals surface area contributed by atoms with Gasteiger partial charge >= 0.3 is 0 Å². The van der Waals surface area contributed by atoms with Crippen molar-refractivity contribution >= 4 is 23.6 Å². The van der Waals surface area contributed by atoms with Gasteiger partial charge in [0, 0.05) is 19.8 Å². The van der Waals surface area contributed by atoms with E-state index in [0.29, 0.717) is 0 Å². The molecular formula is C14H15N9O2. The molecule has 1 aromatic carbocycles. The lowest BCUT2D eigenvalue weighted by Gasteiger charge is -2.11. The van der Waals surface area contributed by atoms with E-state index < -0.39 is 5.91 Å². The molecule has 0 saturated heterocycles. The Kier molecular flexibility index (Phi) is 4.37. The van der Waals surface area contributed by atoms with Gasteiger partial charge in [-0.1, -0.05) is 17.3 Å². The average Bonchev–Trinajstić information content (AvgIpc) is 3.24. The molecule has 3 rings (SSSR count). The lowest BCUT2D eigenvalue weighted by molar-refractivity contribution is 0.0950. The van der Waals surface area contributed by atoms with Crippen molar-refractivity contribution in [1.82, 2.24) is 30.7 Å². The summed E-state index contributed by atoms with van der Waals surface area (Å²) in [5, 5.41) is 18.3. The van der Waals surface area contributed by atoms with Crippen molar-refractivity contribution in [2.24, 2.45) is 5.10 Å². The van der Waals surface area contributed by atoms with Gasteiger partial charge in [-0.15, -0.1) is 5.10 Å². The number of aromatic nitrogens is 5. The van der Waals surface area contributed by atoms with Crippen LogP contribution in [0.2, 0.25) is 0 Å². The molecule has 128 valence electrons. The molecule has 0 spiro atoms. The first-order chi connectivity index (χ1) is 12.0. The van der Waals surface area contributed by atoms with E-state index in [-0.39, 0.29) is 17.3 Å². The summed E-state index contributed by atoms with van der Waals surface area (Å²) in [5.41, 5.74) is 9.88. The molecule has 0 bridgehead atoms. The van der Waals surface area contributed by atoms with E-state index >= 15 is 0 Å². The molecule has 0 radical (unpaired) electrons.